The van der Waals surface area contributed by atoms with Crippen LogP contribution in [0.25, 0.3) is 10.8 Å². The molecular formula is C36H41ClN4O8S4. The molecule has 0 saturated carbocycles. The molecule has 17 heteroatoms. The Morgan fingerprint density at radius 3 is 1.74 bits per heavy atom. The molecule has 6 rings (SSSR count). The van der Waals surface area contributed by atoms with Crippen LogP contribution in [-0.2, 0) is 52.1 Å². The van der Waals surface area contributed by atoms with Crippen LogP contribution in [-0.4, -0.2) is 52.7 Å². The van der Waals surface area contributed by atoms with Crippen molar-refractivity contribution in [3.05, 3.63) is 132 Å². The topological polar surface area (TPSA) is 199 Å². The maximum Gasteiger partial charge on any atom is 0.261 e. The third-order valence-electron chi connectivity index (χ3n) is 7.97. The van der Waals surface area contributed by atoms with E-state index in [-0.39, 0.29) is 16.3 Å². The Balaban J connectivity index is 0.000000212. The van der Waals surface area contributed by atoms with E-state index in [4.69, 9.17) is 5.73 Å². The first-order valence-electron chi connectivity index (χ1n) is 16.2. The van der Waals surface area contributed by atoms with Gasteiger partial charge < -0.3 is 5.73 Å². The van der Waals surface area contributed by atoms with Crippen LogP contribution in [0.1, 0.15) is 35.4 Å². The largest absolute Gasteiger partial charge is 0.330 e. The number of hydrogen-bond donors (Lipinski definition) is 4. The summed E-state index contributed by atoms with van der Waals surface area (Å²) in [6.45, 7) is 0.813. The van der Waals surface area contributed by atoms with Gasteiger partial charge in [0.1, 0.15) is 0 Å². The first-order valence-corrected chi connectivity index (χ1v) is 23.8. The number of nitrogens with one attached hydrogen (secondary N) is 3. The second-order valence-electron chi connectivity index (χ2n) is 12.2. The quantitative estimate of drug-likeness (QED) is 0.127. The lowest BCUT2D eigenvalue weighted by molar-refractivity contribution is 0.561. The summed E-state index contributed by atoms with van der Waals surface area (Å²) in [6.07, 6.45) is 5.22. The lowest BCUT2D eigenvalue weighted by atomic mass is 9.83. The van der Waals surface area contributed by atoms with E-state index >= 15 is 0 Å². The van der Waals surface area contributed by atoms with Gasteiger partial charge in [-0.15, -0.1) is 0 Å². The van der Waals surface area contributed by atoms with Crippen LogP contribution in [0.3, 0.4) is 0 Å². The minimum Gasteiger partial charge on any atom is -0.330 e. The molecule has 0 spiro atoms. The van der Waals surface area contributed by atoms with E-state index in [0.717, 1.165) is 48.1 Å². The SMILES string of the molecule is CS(=O)(=O)Cl.CS(=O)(=O)NCc1cccc2cc(NS(=O)(=O)c3ccccc3)ccc12.NCC1CCCc2cc(NS(=O)(=O)c3ccccc3)ccc21. The molecule has 1 atom stereocenters. The number of aryl methyl sites for hydroxylation is 1. The normalized spacial score (nSPS) is 14.5. The number of anilines is 2. The molecule has 284 valence electrons. The van der Waals surface area contributed by atoms with Gasteiger partial charge in [-0.3, -0.25) is 9.44 Å². The van der Waals surface area contributed by atoms with Gasteiger partial charge in [-0.2, -0.15) is 0 Å². The minimum absolute atomic E-state index is 0.172. The molecule has 5 N–H and O–H groups in total. The van der Waals surface area contributed by atoms with E-state index in [9.17, 15) is 33.7 Å². The summed E-state index contributed by atoms with van der Waals surface area (Å²) >= 11 is 0. The molecule has 0 saturated heterocycles. The molecule has 53 heavy (non-hydrogen) atoms. The van der Waals surface area contributed by atoms with Crippen molar-refractivity contribution < 1.29 is 33.7 Å². The fourth-order valence-electron chi connectivity index (χ4n) is 5.63. The third kappa shape index (κ3) is 13.1. The van der Waals surface area contributed by atoms with Crippen molar-refractivity contribution in [3.8, 4) is 0 Å². The molecule has 0 aromatic heterocycles. The molecule has 1 aliphatic rings. The number of rotatable bonds is 10. The lowest BCUT2D eigenvalue weighted by Crippen LogP contribution is -2.21. The first kappa shape index (κ1) is 41.7. The van der Waals surface area contributed by atoms with Gasteiger partial charge in [0.15, 0.2) is 0 Å². The second-order valence-corrected chi connectivity index (χ2v) is 20.4. The van der Waals surface area contributed by atoms with Crippen molar-refractivity contribution in [1.29, 1.82) is 0 Å². The summed E-state index contributed by atoms with van der Waals surface area (Å²) < 4.78 is 98.7. The van der Waals surface area contributed by atoms with Gasteiger partial charge in [0, 0.05) is 28.6 Å². The molecule has 0 aliphatic heterocycles. The monoisotopic (exact) mass is 820 g/mol. The number of halogens is 1. The van der Waals surface area contributed by atoms with Crippen LogP contribution in [0.2, 0.25) is 0 Å². The maximum absolute atomic E-state index is 12.4. The summed E-state index contributed by atoms with van der Waals surface area (Å²) in [5.74, 6) is 0.392. The summed E-state index contributed by atoms with van der Waals surface area (Å²) in [4.78, 5) is 0.457. The lowest BCUT2D eigenvalue weighted by Gasteiger charge is -2.25. The summed E-state index contributed by atoms with van der Waals surface area (Å²) in [6, 6.07) is 32.9. The molecule has 1 aliphatic carbocycles. The molecule has 0 fully saturated rings. The number of nitrogens with two attached hydrogens (primary N) is 1. The fraction of sp³-hybridized carbons (Fsp3) is 0.222. The molecule has 12 nitrogen and oxygen atoms in total. The van der Waals surface area contributed by atoms with Gasteiger partial charge in [-0.05, 0) is 108 Å². The second kappa shape index (κ2) is 17.9. The third-order valence-corrected chi connectivity index (χ3v) is 11.4. The zero-order valence-corrected chi connectivity index (χ0v) is 33.0. The molecule has 5 aromatic carbocycles. The molecule has 1 unspecified atom stereocenters. The number of sulfonamides is 3. The predicted molar refractivity (Wildman–Crippen MR) is 212 cm³/mol. The van der Waals surface area contributed by atoms with Crippen LogP contribution in [0.4, 0.5) is 11.4 Å². The highest BCUT2D eigenvalue weighted by Crippen LogP contribution is 2.33. The smallest absolute Gasteiger partial charge is 0.261 e. The number of fused-ring (bicyclic) bond motifs is 2. The zero-order valence-electron chi connectivity index (χ0n) is 28.9. The van der Waals surface area contributed by atoms with E-state index in [1.165, 1.54) is 23.3 Å². The number of benzene rings is 5. The van der Waals surface area contributed by atoms with E-state index in [0.29, 0.717) is 23.8 Å². The van der Waals surface area contributed by atoms with E-state index in [1.807, 2.05) is 30.3 Å². The van der Waals surface area contributed by atoms with Crippen molar-refractivity contribution in [2.45, 2.75) is 41.5 Å². The van der Waals surface area contributed by atoms with Crippen LogP contribution in [0, 0.1) is 0 Å². The van der Waals surface area contributed by atoms with Gasteiger partial charge in [-0.25, -0.2) is 38.4 Å². The predicted octanol–water partition coefficient (Wildman–Crippen LogP) is 5.74. The van der Waals surface area contributed by atoms with Crippen LogP contribution in [0.15, 0.2) is 125 Å². The number of hydrogen-bond acceptors (Lipinski definition) is 9. The highest BCUT2D eigenvalue weighted by molar-refractivity contribution is 8.13. The Hall–Kier alpha value is -4.03. The average molecular weight is 821 g/mol. The minimum atomic E-state index is -3.66. The van der Waals surface area contributed by atoms with Crippen LogP contribution >= 0.6 is 10.7 Å². The highest BCUT2D eigenvalue weighted by atomic mass is 35.7. The summed E-state index contributed by atoms with van der Waals surface area (Å²) in [5, 5.41) is 1.66. The van der Waals surface area contributed by atoms with Crippen molar-refractivity contribution >= 4 is 72.0 Å². The van der Waals surface area contributed by atoms with E-state index in [1.54, 1.807) is 72.8 Å². The molecule has 0 heterocycles. The summed E-state index contributed by atoms with van der Waals surface area (Å²) in [7, 11) is -9.18. The fourth-order valence-corrected chi connectivity index (χ4v) is 8.19. The Kier molecular flexibility index (Phi) is 14.1. The van der Waals surface area contributed by atoms with Crippen molar-refractivity contribution in [3.63, 3.8) is 0 Å². The molecule has 0 amide bonds. The van der Waals surface area contributed by atoms with Crippen molar-refractivity contribution in [1.82, 2.24) is 4.72 Å². The molecule has 0 bridgehead atoms. The van der Waals surface area contributed by atoms with E-state index < -0.39 is 39.1 Å². The van der Waals surface area contributed by atoms with Crippen molar-refractivity contribution in [2.75, 3.05) is 28.5 Å². The first-order chi connectivity index (χ1) is 24.8. The average Bonchev–Trinajstić information content (AvgIpc) is 3.10. The Morgan fingerprint density at radius 2 is 1.21 bits per heavy atom. The molecule has 0 radical (unpaired) electrons. The Labute approximate surface area is 316 Å². The van der Waals surface area contributed by atoms with Crippen LogP contribution in [0.5, 0.6) is 0 Å². The van der Waals surface area contributed by atoms with Gasteiger partial charge in [0.2, 0.25) is 19.1 Å². The van der Waals surface area contributed by atoms with Gasteiger partial charge in [0.05, 0.1) is 22.3 Å². The highest BCUT2D eigenvalue weighted by Gasteiger charge is 2.21. The van der Waals surface area contributed by atoms with Gasteiger partial charge in [-0.1, -0.05) is 66.7 Å². The van der Waals surface area contributed by atoms with Crippen LogP contribution < -0.4 is 19.9 Å². The van der Waals surface area contributed by atoms with Gasteiger partial charge in [0.25, 0.3) is 20.0 Å². The molecule has 5 aromatic rings. The summed E-state index contributed by atoms with van der Waals surface area (Å²) in [5.41, 5.74) is 10.1. The van der Waals surface area contributed by atoms with Crippen molar-refractivity contribution in [2.24, 2.45) is 5.73 Å². The standard InChI is InChI=1S/C18H18N2O4S2.C17H20N2O2S.CH3ClO2S/c1-25(21,22)19-13-15-7-5-6-14-12-16(10-11-18(14)15)20-26(23,24)17-8-3-2-4-9-17;18-12-14-6-4-5-13-11-15(9-10-17(13)14)19-22(20,21)16-7-2-1-3-8-16;1-5(2,3)4/h2-12,19-20H,13H2,1H3;1-3,7-11,14,19H,4-6,12,18H2;1H3. The Morgan fingerprint density at radius 1 is 0.679 bits per heavy atom. The molecular weight excluding hydrogens is 780 g/mol. The zero-order chi connectivity index (χ0) is 38.9. The van der Waals surface area contributed by atoms with Gasteiger partial charge >= 0.3 is 0 Å². The maximum atomic E-state index is 12.4. The van der Waals surface area contributed by atoms with E-state index in [2.05, 4.69) is 24.8 Å². The Bertz CT molecular complexity index is 2460.